The van der Waals surface area contributed by atoms with Gasteiger partial charge in [-0.3, -0.25) is 0 Å². The van der Waals surface area contributed by atoms with Gasteiger partial charge in [0.05, 0.1) is 6.04 Å². The summed E-state index contributed by atoms with van der Waals surface area (Å²) in [7, 11) is -3.49. The van der Waals surface area contributed by atoms with E-state index < -0.39 is 10.0 Å². The minimum absolute atomic E-state index is 0.234. The molecule has 2 aromatic heterocycles. The van der Waals surface area contributed by atoms with E-state index >= 15 is 0 Å². The first kappa shape index (κ1) is 15.7. The first-order valence-electron chi connectivity index (χ1n) is 6.21. The molecule has 0 radical (unpaired) electrons. The van der Waals surface area contributed by atoms with E-state index in [0.717, 1.165) is 15.3 Å². The van der Waals surface area contributed by atoms with Crippen molar-refractivity contribution in [3.8, 4) is 0 Å². The van der Waals surface area contributed by atoms with Crippen molar-refractivity contribution in [1.82, 2.24) is 4.72 Å². The minimum atomic E-state index is -3.49. The van der Waals surface area contributed by atoms with Crippen molar-refractivity contribution in [3.63, 3.8) is 0 Å². The standard InChI is InChI=1S/C13H18N2O2S3/c1-8-6-13(19-12(8)7-14)20(16,17)15-10(3)11-5-4-9(2)18-11/h4-6,10,15H,7,14H2,1-3H3. The Morgan fingerprint density at radius 2 is 2.00 bits per heavy atom. The molecule has 2 rings (SSSR count). The van der Waals surface area contributed by atoms with Crippen LogP contribution in [0, 0.1) is 13.8 Å². The smallest absolute Gasteiger partial charge is 0.250 e. The Morgan fingerprint density at radius 1 is 1.30 bits per heavy atom. The van der Waals surface area contributed by atoms with Gasteiger partial charge in [-0.15, -0.1) is 22.7 Å². The second-order valence-electron chi connectivity index (χ2n) is 4.67. The van der Waals surface area contributed by atoms with Crippen molar-refractivity contribution < 1.29 is 8.42 Å². The average molecular weight is 330 g/mol. The van der Waals surface area contributed by atoms with Crippen LogP contribution in [0.5, 0.6) is 0 Å². The molecule has 1 atom stereocenters. The third-order valence-electron chi connectivity index (χ3n) is 2.97. The number of nitrogens with one attached hydrogen (secondary N) is 1. The number of hydrogen-bond acceptors (Lipinski definition) is 5. The molecule has 0 aliphatic heterocycles. The molecule has 0 saturated carbocycles. The summed E-state index contributed by atoms with van der Waals surface area (Å²) < 4.78 is 27.8. The van der Waals surface area contributed by atoms with Crippen LogP contribution in [0.2, 0.25) is 0 Å². The van der Waals surface area contributed by atoms with Gasteiger partial charge in [0.25, 0.3) is 10.0 Å². The number of aryl methyl sites for hydroxylation is 2. The Kier molecular flexibility index (Phi) is 4.66. The molecule has 2 heterocycles. The van der Waals surface area contributed by atoms with Crippen LogP contribution in [-0.2, 0) is 16.6 Å². The van der Waals surface area contributed by atoms with Gasteiger partial charge in [-0.05, 0) is 44.5 Å². The van der Waals surface area contributed by atoms with E-state index in [2.05, 4.69) is 4.72 Å². The monoisotopic (exact) mass is 330 g/mol. The lowest BCUT2D eigenvalue weighted by atomic mass is 10.3. The molecule has 0 amide bonds. The first-order chi connectivity index (χ1) is 9.33. The third-order valence-corrected chi connectivity index (χ3v) is 7.43. The van der Waals surface area contributed by atoms with Crippen LogP contribution in [0.25, 0.3) is 0 Å². The second-order valence-corrected chi connectivity index (χ2v) is 9.06. The Bertz CT molecular complexity index is 701. The topological polar surface area (TPSA) is 72.2 Å². The van der Waals surface area contributed by atoms with E-state index in [0.29, 0.717) is 10.8 Å². The van der Waals surface area contributed by atoms with Gasteiger partial charge >= 0.3 is 0 Å². The molecule has 0 bridgehead atoms. The maximum atomic E-state index is 12.4. The van der Waals surface area contributed by atoms with E-state index in [-0.39, 0.29) is 6.04 Å². The fourth-order valence-electron chi connectivity index (χ4n) is 1.86. The highest BCUT2D eigenvalue weighted by molar-refractivity contribution is 7.91. The first-order valence-corrected chi connectivity index (χ1v) is 9.33. The Morgan fingerprint density at radius 3 is 2.50 bits per heavy atom. The number of rotatable bonds is 5. The predicted octanol–water partition coefficient (Wildman–Crippen LogP) is 2.92. The summed E-state index contributed by atoms with van der Waals surface area (Å²) in [5, 5.41) is 0. The van der Waals surface area contributed by atoms with Gasteiger partial charge < -0.3 is 5.73 Å². The van der Waals surface area contributed by atoms with Gasteiger partial charge in [0, 0.05) is 21.2 Å². The molecule has 0 aromatic carbocycles. The lowest BCUT2D eigenvalue weighted by Crippen LogP contribution is -2.25. The van der Waals surface area contributed by atoms with Gasteiger partial charge in [-0.1, -0.05) is 0 Å². The van der Waals surface area contributed by atoms with Crippen molar-refractivity contribution in [1.29, 1.82) is 0 Å². The van der Waals surface area contributed by atoms with Crippen molar-refractivity contribution in [2.24, 2.45) is 5.73 Å². The lowest BCUT2D eigenvalue weighted by Gasteiger charge is -2.11. The second kappa shape index (κ2) is 5.95. The summed E-state index contributed by atoms with van der Waals surface area (Å²) >= 11 is 2.84. The van der Waals surface area contributed by atoms with Crippen LogP contribution in [0.3, 0.4) is 0 Å². The molecule has 110 valence electrons. The quantitative estimate of drug-likeness (QED) is 0.885. The van der Waals surface area contributed by atoms with Crippen LogP contribution in [-0.4, -0.2) is 8.42 Å². The molecule has 0 fully saturated rings. The fraction of sp³-hybridized carbons (Fsp3) is 0.385. The maximum Gasteiger partial charge on any atom is 0.250 e. The zero-order chi connectivity index (χ0) is 14.9. The number of hydrogen-bond donors (Lipinski definition) is 2. The molecule has 3 N–H and O–H groups in total. The molecule has 4 nitrogen and oxygen atoms in total. The predicted molar refractivity (Wildman–Crippen MR) is 84.7 cm³/mol. The zero-order valence-electron chi connectivity index (χ0n) is 11.6. The number of sulfonamides is 1. The maximum absolute atomic E-state index is 12.4. The van der Waals surface area contributed by atoms with Crippen molar-refractivity contribution in [2.45, 2.75) is 37.6 Å². The molecule has 2 aromatic rings. The fourth-order valence-corrected chi connectivity index (χ4v) is 5.52. The minimum Gasteiger partial charge on any atom is -0.326 e. The van der Waals surface area contributed by atoms with Gasteiger partial charge in [0.1, 0.15) is 4.21 Å². The summed E-state index contributed by atoms with van der Waals surface area (Å²) in [5.74, 6) is 0. The Hall–Kier alpha value is -0.730. The van der Waals surface area contributed by atoms with Crippen molar-refractivity contribution in [2.75, 3.05) is 0 Å². The van der Waals surface area contributed by atoms with Crippen LogP contribution >= 0.6 is 22.7 Å². The molecule has 0 aliphatic carbocycles. The molecule has 0 aliphatic rings. The highest BCUT2D eigenvalue weighted by Gasteiger charge is 2.22. The molecule has 0 spiro atoms. The van der Waals surface area contributed by atoms with E-state index in [1.807, 2.05) is 32.9 Å². The van der Waals surface area contributed by atoms with Gasteiger partial charge in [-0.25, -0.2) is 13.1 Å². The summed E-state index contributed by atoms with van der Waals surface area (Å²) in [5.41, 5.74) is 6.53. The van der Waals surface area contributed by atoms with Crippen molar-refractivity contribution in [3.05, 3.63) is 38.4 Å². The van der Waals surface area contributed by atoms with Crippen LogP contribution < -0.4 is 10.5 Å². The normalized spacial score (nSPS) is 13.6. The van der Waals surface area contributed by atoms with Gasteiger partial charge in [0.15, 0.2) is 0 Å². The van der Waals surface area contributed by atoms with Gasteiger partial charge in [0.2, 0.25) is 0 Å². The number of thiophene rings is 2. The highest BCUT2D eigenvalue weighted by atomic mass is 32.2. The average Bonchev–Trinajstić information content (AvgIpc) is 2.95. The lowest BCUT2D eigenvalue weighted by molar-refractivity contribution is 0.570. The molecule has 1 unspecified atom stereocenters. The van der Waals surface area contributed by atoms with E-state index in [9.17, 15) is 8.42 Å². The molecule has 0 saturated heterocycles. The Balaban J connectivity index is 2.22. The van der Waals surface area contributed by atoms with Crippen LogP contribution in [0.1, 0.15) is 33.2 Å². The summed E-state index contributed by atoms with van der Waals surface area (Å²) in [6.45, 7) is 6.11. The van der Waals surface area contributed by atoms with E-state index in [1.165, 1.54) is 16.2 Å². The summed E-state index contributed by atoms with van der Waals surface area (Å²) in [4.78, 5) is 3.09. The van der Waals surface area contributed by atoms with Crippen LogP contribution in [0.15, 0.2) is 22.4 Å². The van der Waals surface area contributed by atoms with E-state index in [1.54, 1.807) is 17.4 Å². The molecule has 20 heavy (non-hydrogen) atoms. The molecule has 7 heteroatoms. The zero-order valence-corrected chi connectivity index (χ0v) is 14.1. The summed E-state index contributed by atoms with van der Waals surface area (Å²) in [6.07, 6.45) is 0. The van der Waals surface area contributed by atoms with E-state index in [4.69, 9.17) is 5.73 Å². The highest BCUT2D eigenvalue weighted by Crippen LogP contribution is 2.28. The SMILES string of the molecule is Cc1ccc(C(C)NS(=O)(=O)c2cc(C)c(CN)s2)s1. The van der Waals surface area contributed by atoms with Crippen molar-refractivity contribution >= 4 is 32.7 Å². The number of nitrogens with two attached hydrogens (primary N) is 1. The molecular weight excluding hydrogens is 312 g/mol. The molecular formula is C13H18N2O2S3. The third kappa shape index (κ3) is 3.29. The largest absolute Gasteiger partial charge is 0.326 e. The van der Waals surface area contributed by atoms with Crippen LogP contribution in [0.4, 0.5) is 0 Å². The summed E-state index contributed by atoms with van der Waals surface area (Å²) in [6, 6.07) is 5.40. The van der Waals surface area contributed by atoms with Gasteiger partial charge in [-0.2, -0.15) is 0 Å². The Labute approximate surface area is 127 Å².